The second kappa shape index (κ2) is 7.74. The highest BCUT2D eigenvalue weighted by molar-refractivity contribution is 5.88. The zero-order valence-electron chi connectivity index (χ0n) is 13.7. The van der Waals surface area contributed by atoms with Gasteiger partial charge in [0.05, 0.1) is 6.61 Å². The Morgan fingerprint density at radius 3 is 2.83 bits per heavy atom. The molecule has 2 heterocycles. The van der Waals surface area contributed by atoms with Crippen molar-refractivity contribution in [2.75, 3.05) is 19.7 Å². The molecule has 0 aromatic heterocycles. The second-order valence-electron chi connectivity index (χ2n) is 6.13. The first-order chi connectivity index (χ1) is 11.7. The number of esters is 1. The maximum Gasteiger partial charge on any atom is 0.333 e. The summed E-state index contributed by atoms with van der Waals surface area (Å²) in [5, 5.41) is 6.17. The van der Waals surface area contributed by atoms with Gasteiger partial charge in [-0.3, -0.25) is 10.2 Å². The third kappa shape index (κ3) is 3.58. The number of nitrogens with one attached hydrogen (secondary N) is 4. The molecule has 3 rings (SSSR count). The van der Waals surface area contributed by atoms with Gasteiger partial charge in [-0.2, -0.15) is 0 Å². The van der Waals surface area contributed by atoms with Crippen molar-refractivity contribution in [3.63, 3.8) is 0 Å². The molecule has 4 N–H and O–H groups in total. The minimum atomic E-state index is -0.795. The largest absolute Gasteiger partial charge is 0.464 e. The van der Waals surface area contributed by atoms with Crippen molar-refractivity contribution in [1.82, 2.24) is 21.5 Å². The molecule has 0 bridgehead atoms. The van der Waals surface area contributed by atoms with E-state index in [4.69, 9.17) is 4.74 Å². The molecule has 24 heavy (non-hydrogen) atoms. The van der Waals surface area contributed by atoms with Crippen molar-refractivity contribution in [2.45, 2.75) is 31.5 Å². The summed E-state index contributed by atoms with van der Waals surface area (Å²) in [6, 6.07) is 8.28. The molecule has 0 saturated carbocycles. The van der Waals surface area contributed by atoms with Gasteiger partial charge in [-0.15, -0.1) is 0 Å². The lowest BCUT2D eigenvalue weighted by Crippen LogP contribution is -2.51. The Kier molecular flexibility index (Phi) is 5.44. The molecule has 0 radical (unpaired) electrons. The fourth-order valence-electron chi connectivity index (χ4n) is 3.36. The number of hydrogen-bond donors (Lipinski definition) is 4. The maximum absolute atomic E-state index is 12.7. The van der Waals surface area contributed by atoms with Crippen molar-refractivity contribution in [1.29, 1.82) is 0 Å². The lowest BCUT2D eigenvalue weighted by Gasteiger charge is -2.28. The quantitative estimate of drug-likeness (QED) is 0.561. The van der Waals surface area contributed by atoms with E-state index in [9.17, 15) is 9.59 Å². The predicted molar refractivity (Wildman–Crippen MR) is 88.8 cm³/mol. The van der Waals surface area contributed by atoms with Crippen molar-refractivity contribution >= 4 is 11.9 Å². The highest BCUT2D eigenvalue weighted by atomic mass is 16.5. The van der Waals surface area contributed by atoms with E-state index in [-0.39, 0.29) is 30.5 Å². The lowest BCUT2D eigenvalue weighted by atomic mass is 9.89. The molecule has 7 heteroatoms. The Morgan fingerprint density at radius 2 is 2.08 bits per heavy atom. The smallest absolute Gasteiger partial charge is 0.333 e. The van der Waals surface area contributed by atoms with Crippen LogP contribution in [0.1, 0.15) is 24.9 Å². The Hall–Kier alpha value is -1.96. The highest BCUT2D eigenvalue weighted by Gasteiger charge is 2.42. The zero-order chi connectivity index (χ0) is 16.9. The molecule has 2 saturated heterocycles. The predicted octanol–water partition coefficient (Wildman–Crippen LogP) is -0.138. The van der Waals surface area contributed by atoms with E-state index >= 15 is 0 Å². The monoisotopic (exact) mass is 332 g/mol. The van der Waals surface area contributed by atoms with Gasteiger partial charge in [0.1, 0.15) is 6.04 Å². The van der Waals surface area contributed by atoms with E-state index in [1.165, 1.54) is 0 Å². The first kappa shape index (κ1) is 16.9. The number of hydrogen-bond acceptors (Lipinski definition) is 6. The van der Waals surface area contributed by atoms with Crippen LogP contribution in [-0.4, -0.2) is 43.7 Å². The first-order valence-corrected chi connectivity index (χ1v) is 8.44. The summed E-state index contributed by atoms with van der Waals surface area (Å²) >= 11 is 0. The summed E-state index contributed by atoms with van der Waals surface area (Å²) < 4.78 is 5.13. The average Bonchev–Trinajstić information content (AvgIpc) is 3.04. The number of ether oxygens (including phenoxy) is 1. The van der Waals surface area contributed by atoms with Gasteiger partial charge < -0.3 is 15.4 Å². The van der Waals surface area contributed by atoms with Crippen LogP contribution in [0.3, 0.4) is 0 Å². The van der Waals surface area contributed by atoms with Crippen LogP contribution in [0.2, 0.25) is 0 Å². The van der Waals surface area contributed by atoms with Crippen LogP contribution in [0.15, 0.2) is 30.3 Å². The number of rotatable bonds is 5. The molecule has 1 aromatic rings. The highest BCUT2D eigenvalue weighted by Crippen LogP contribution is 2.22. The first-order valence-electron chi connectivity index (χ1n) is 8.44. The van der Waals surface area contributed by atoms with E-state index in [0.717, 1.165) is 19.5 Å². The number of fused-ring (bicyclic) bond motifs is 1. The third-order valence-electron chi connectivity index (χ3n) is 4.61. The number of carbonyl (C=O) groups is 2. The lowest BCUT2D eigenvalue weighted by molar-refractivity contribution is -0.148. The van der Waals surface area contributed by atoms with Crippen LogP contribution in [-0.2, 0) is 14.3 Å². The van der Waals surface area contributed by atoms with Gasteiger partial charge in [0.15, 0.2) is 6.04 Å². The van der Waals surface area contributed by atoms with Crippen LogP contribution in [0.5, 0.6) is 0 Å². The number of benzene rings is 1. The summed E-state index contributed by atoms with van der Waals surface area (Å²) in [7, 11) is 0. The van der Waals surface area contributed by atoms with Gasteiger partial charge in [-0.25, -0.2) is 10.2 Å². The summed E-state index contributed by atoms with van der Waals surface area (Å²) in [6.45, 7) is 3.75. The number of hydrazine groups is 1. The second-order valence-corrected chi connectivity index (χ2v) is 6.13. The van der Waals surface area contributed by atoms with E-state index in [0.29, 0.717) is 5.56 Å². The Bertz CT molecular complexity index is 580. The molecule has 1 aromatic carbocycles. The van der Waals surface area contributed by atoms with Crippen LogP contribution in [0.4, 0.5) is 0 Å². The third-order valence-corrected chi connectivity index (χ3v) is 4.61. The van der Waals surface area contributed by atoms with E-state index in [2.05, 4.69) is 21.5 Å². The van der Waals surface area contributed by atoms with Crippen molar-refractivity contribution < 1.29 is 14.3 Å². The maximum atomic E-state index is 12.7. The zero-order valence-corrected chi connectivity index (χ0v) is 13.7. The average molecular weight is 332 g/mol. The Morgan fingerprint density at radius 1 is 1.29 bits per heavy atom. The number of amides is 1. The summed E-state index contributed by atoms with van der Waals surface area (Å²) in [5.41, 5.74) is 6.98. The van der Waals surface area contributed by atoms with Gasteiger partial charge in [0, 0.05) is 18.5 Å². The molecule has 130 valence electrons. The molecule has 1 amide bonds. The van der Waals surface area contributed by atoms with Crippen LogP contribution in [0, 0.1) is 5.92 Å². The summed E-state index contributed by atoms with van der Waals surface area (Å²) in [6.07, 6.45) is 0.974. The number of piperidine rings is 1. The Labute approximate surface area is 141 Å². The standard InChI is InChI=1S/C17H24N4O3/c1-2-24-17(23)14(11-6-4-3-5-7-11)19-16(22)15-12-10-18-9-8-13(12)20-21-15/h3-7,12-15,18,20-21H,2,8-10H2,1H3,(H,19,22)/t12?,13?,14-,15?/m1/s1. The van der Waals surface area contributed by atoms with Gasteiger partial charge in [0.25, 0.3) is 0 Å². The van der Waals surface area contributed by atoms with E-state index in [1.54, 1.807) is 6.92 Å². The molecule has 3 unspecified atom stereocenters. The van der Waals surface area contributed by atoms with Crippen LogP contribution >= 0.6 is 0 Å². The van der Waals surface area contributed by atoms with Crippen LogP contribution in [0.25, 0.3) is 0 Å². The van der Waals surface area contributed by atoms with Gasteiger partial charge in [-0.05, 0) is 25.5 Å². The summed E-state index contributed by atoms with van der Waals surface area (Å²) in [4.78, 5) is 25.0. The molecule has 4 atom stereocenters. The topological polar surface area (TPSA) is 91.5 Å². The molecule has 0 spiro atoms. The van der Waals surface area contributed by atoms with Crippen molar-refractivity contribution in [2.24, 2.45) is 5.92 Å². The molecule has 0 aliphatic carbocycles. The van der Waals surface area contributed by atoms with E-state index < -0.39 is 12.0 Å². The SMILES string of the molecule is CCOC(=O)[C@H](NC(=O)C1NNC2CCNCC21)c1ccccc1. The van der Waals surface area contributed by atoms with Gasteiger partial charge in [0.2, 0.25) is 5.91 Å². The van der Waals surface area contributed by atoms with Gasteiger partial charge in [-0.1, -0.05) is 30.3 Å². The minimum Gasteiger partial charge on any atom is -0.464 e. The molecular formula is C17H24N4O3. The van der Waals surface area contributed by atoms with Crippen LogP contribution < -0.4 is 21.5 Å². The minimum absolute atomic E-state index is 0.164. The van der Waals surface area contributed by atoms with E-state index in [1.807, 2.05) is 30.3 Å². The van der Waals surface area contributed by atoms with Crippen molar-refractivity contribution in [3.05, 3.63) is 35.9 Å². The molecule has 2 fully saturated rings. The van der Waals surface area contributed by atoms with Crippen molar-refractivity contribution in [3.8, 4) is 0 Å². The molecule has 2 aliphatic rings. The molecule has 2 aliphatic heterocycles. The number of carbonyl (C=O) groups excluding carboxylic acids is 2. The van der Waals surface area contributed by atoms with Gasteiger partial charge >= 0.3 is 5.97 Å². The fourth-order valence-corrected chi connectivity index (χ4v) is 3.36. The molecular weight excluding hydrogens is 308 g/mol. The fraction of sp³-hybridized carbons (Fsp3) is 0.529. The normalized spacial score (nSPS) is 27.1. The molecule has 7 nitrogen and oxygen atoms in total. The Balaban J connectivity index is 1.72. The summed E-state index contributed by atoms with van der Waals surface area (Å²) in [5.74, 6) is -0.473.